The summed E-state index contributed by atoms with van der Waals surface area (Å²) < 4.78 is 0. The molecule has 2 atom stereocenters. The molecule has 1 fully saturated rings. The minimum absolute atomic E-state index is 0.117. The lowest BCUT2D eigenvalue weighted by Gasteiger charge is -2.34. The lowest BCUT2D eigenvalue weighted by atomic mass is 9.86. The summed E-state index contributed by atoms with van der Waals surface area (Å²) in [6.07, 6.45) is 4.77. The Morgan fingerprint density at radius 1 is 1.42 bits per heavy atom. The van der Waals surface area contributed by atoms with E-state index in [1.54, 1.807) is 0 Å². The van der Waals surface area contributed by atoms with Gasteiger partial charge < -0.3 is 4.90 Å². The zero-order chi connectivity index (χ0) is 13.8. The molecule has 1 aliphatic rings. The number of nitrogens with zero attached hydrogens (tertiary/aromatic N) is 1. The summed E-state index contributed by atoms with van der Waals surface area (Å²) in [5, 5.41) is 0. The van der Waals surface area contributed by atoms with Crippen molar-refractivity contribution in [1.82, 2.24) is 4.90 Å². The van der Waals surface area contributed by atoms with Crippen molar-refractivity contribution in [3.8, 4) is 0 Å². The van der Waals surface area contributed by atoms with E-state index >= 15 is 0 Å². The standard InChI is InChI=1S/C16H22ClNO/c1-12-5-3-8-15(9-12)18(2)16(19)14-7-4-6-13(10-14)11-17/h4,6-7,10,12,15H,3,5,8-9,11H2,1-2H3. The topological polar surface area (TPSA) is 20.3 Å². The highest BCUT2D eigenvalue weighted by molar-refractivity contribution is 6.17. The fourth-order valence-electron chi connectivity index (χ4n) is 2.91. The molecule has 0 spiro atoms. The fourth-order valence-corrected chi connectivity index (χ4v) is 3.08. The monoisotopic (exact) mass is 279 g/mol. The molecule has 1 amide bonds. The maximum absolute atomic E-state index is 12.5. The van der Waals surface area contributed by atoms with Gasteiger partial charge >= 0.3 is 0 Å². The molecule has 2 nitrogen and oxygen atoms in total. The van der Waals surface area contributed by atoms with Crippen molar-refractivity contribution in [2.75, 3.05) is 7.05 Å². The van der Waals surface area contributed by atoms with E-state index in [0.717, 1.165) is 29.9 Å². The minimum Gasteiger partial charge on any atom is -0.339 e. The van der Waals surface area contributed by atoms with E-state index in [2.05, 4.69) is 6.92 Å². The normalized spacial score (nSPS) is 23.1. The van der Waals surface area contributed by atoms with Gasteiger partial charge in [0.25, 0.3) is 5.91 Å². The van der Waals surface area contributed by atoms with Gasteiger partial charge in [0.05, 0.1) is 0 Å². The van der Waals surface area contributed by atoms with Crippen LogP contribution >= 0.6 is 11.6 Å². The molecule has 2 rings (SSSR count). The van der Waals surface area contributed by atoms with Crippen molar-refractivity contribution in [3.05, 3.63) is 35.4 Å². The van der Waals surface area contributed by atoms with Gasteiger partial charge in [-0.05, 0) is 36.5 Å². The van der Waals surface area contributed by atoms with Crippen molar-refractivity contribution in [3.63, 3.8) is 0 Å². The summed E-state index contributed by atoms with van der Waals surface area (Å²) in [6, 6.07) is 8.02. The van der Waals surface area contributed by atoms with Crippen LogP contribution in [0.1, 0.15) is 48.5 Å². The van der Waals surface area contributed by atoms with Gasteiger partial charge in [-0.1, -0.05) is 31.9 Å². The first-order valence-electron chi connectivity index (χ1n) is 7.04. The van der Waals surface area contributed by atoms with Crippen molar-refractivity contribution in [2.45, 2.75) is 44.5 Å². The van der Waals surface area contributed by atoms with Crippen LogP contribution in [-0.4, -0.2) is 23.9 Å². The first-order chi connectivity index (χ1) is 9.11. The summed E-state index contributed by atoms with van der Waals surface area (Å²) in [7, 11) is 1.93. The van der Waals surface area contributed by atoms with Gasteiger partial charge in [-0.3, -0.25) is 4.79 Å². The van der Waals surface area contributed by atoms with E-state index in [-0.39, 0.29) is 5.91 Å². The Balaban J connectivity index is 2.09. The van der Waals surface area contributed by atoms with Crippen LogP contribution in [0.15, 0.2) is 24.3 Å². The van der Waals surface area contributed by atoms with E-state index in [1.807, 2.05) is 36.2 Å². The number of carbonyl (C=O) groups excluding carboxylic acids is 1. The molecular weight excluding hydrogens is 258 g/mol. The minimum atomic E-state index is 0.117. The molecule has 0 aromatic heterocycles. The van der Waals surface area contributed by atoms with Crippen LogP contribution in [0.4, 0.5) is 0 Å². The molecule has 0 aliphatic heterocycles. The Kier molecular flexibility index (Phi) is 4.87. The van der Waals surface area contributed by atoms with Gasteiger partial charge in [0.1, 0.15) is 0 Å². The summed E-state index contributed by atoms with van der Waals surface area (Å²) in [5.74, 6) is 1.29. The maximum atomic E-state index is 12.5. The third-order valence-corrected chi connectivity index (χ3v) is 4.41. The Bertz CT molecular complexity index is 446. The number of hydrogen-bond donors (Lipinski definition) is 0. The lowest BCUT2D eigenvalue weighted by Crippen LogP contribution is -2.39. The quantitative estimate of drug-likeness (QED) is 0.764. The highest BCUT2D eigenvalue weighted by Crippen LogP contribution is 2.27. The number of halogens is 1. The molecule has 1 aromatic carbocycles. The predicted octanol–water partition coefficient (Wildman–Crippen LogP) is 4.08. The van der Waals surface area contributed by atoms with E-state index < -0.39 is 0 Å². The van der Waals surface area contributed by atoms with Crippen LogP contribution in [0, 0.1) is 5.92 Å². The van der Waals surface area contributed by atoms with Crippen LogP contribution in [0.5, 0.6) is 0 Å². The van der Waals surface area contributed by atoms with Crippen LogP contribution in [-0.2, 0) is 5.88 Å². The molecule has 0 heterocycles. The van der Waals surface area contributed by atoms with Crippen LogP contribution < -0.4 is 0 Å². The highest BCUT2D eigenvalue weighted by Gasteiger charge is 2.25. The molecule has 3 heteroatoms. The van der Waals surface area contributed by atoms with Gasteiger partial charge in [0.15, 0.2) is 0 Å². The molecule has 0 radical (unpaired) electrons. The Morgan fingerprint density at radius 3 is 2.89 bits per heavy atom. The molecule has 2 unspecified atom stereocenters. The zero-order valence-corrected chi connectivity index (χ0v) is 12.5. The highest BCUT2D eigenvalue weighted by atomic mass is 35.5. The number of amides is 1. The molecule has 0 saturated heterocycles. The molecule has 1 saturated carbocycles. The smallest absolute Gasteiger partial charge is 0.253 e. The molecule has 1 aliphatic carbocycles. The first kappa shape index (κ1) is 14.4. The second-order valence-corrected chi connectivity index (χ2v) is 5.94. The fraction of sp³-hybridized carbons (Fsp3) is 0.562. The largest absolute Gasteiger partial charge is 0.339 e. The van der Waals surface area contributed by atoms with Crippen LogP contribution in [0.2, 0.25) is 0 Å². The van der Waals surface area contributed by atoms with E-state index in [1.165, 1.54) is 12.8 Å². The second kappa shape index (κ2) is 6.42. The molecule has 104 valence electrons. The van der Waals surface area contributed by atoms with E-state index in [0.29, 0.717) is 11.9 Å². The van der Waals surface area contributed by atoms with Crippen LogP contribution in [0.3, 0.4) is 0 Å². The van der Waals surface area contributed by atoms with Gasteiger partial charge in [0, 0.05) is 24.5 Å². The number of rotatable bonds is 3. The summed E-state index contributed by atoms with van der Waals surface area (Å²) in [5.41, 5.74) is 1.75. The average Bonchev–Trinajstić information content (AvgIpc) is 2.45. The number of alkyl halides is 1. The van der Waals surface area contributed by atoms with E-state index in [4.69, 9.17) is 11.6 Å². The van der Waals surface area contributed by atoms with Gasteiger partial charge in [0.2, 0.25) is 0 Å². The lowest BCUT2D eigenvalue weighted by molar-refractivity contribution is 0.0672. The van der Waals surface area contributed by atoms with Crippen LogP contribution in [0.25, 0.3) is 0 Å². The van der Waals surface area contributed by atoms with Crippen molar-refractivity contribution < 1.29 is 4.79 Å². The molecular formula is C16H22ClNO. The number of benzene rings is 1. The van der Waals surface area contributed by atoms with Crippen molar-refractivity contribution in [1.29, 1.82) is 0 Å². The molecule has 0 bridgehead atoms. The summed E-state index contributed by atoms with van der Waals surface area (Å²) >= 11 is 5.83. The summed E-state index contributed by atoms with van der Waals surface area (Å²) in [6.45, 7) is 2.28. The van der Waals surface area contributed by atoms with Crippen molar-refractivity contribution >= 4 is 17.5 Å². The third kappa shape index (κ3) is 3.50. The number of hydrogen-bond acceptors (Lipinski definition) is 1. The van der Waals surface area contributed by atoms with E-state index in [9.17, 15) is 4.79 Å². The third-order valence-electron chi connectivity index (χ3n) is 4.11. The summed E-state index contributed by atoms with van der Waals surface area (Å²) in [4.78, 5) is 14.4. The molecule has 19 heavy (non-hydrogen) atoms. The van der Waals surface area contributed by atoms with Gasteiger partial charge in [-0.25, -0.2) is 0 Å². The van der Waals surface area contributed by atoms with Gasteiger partial charge in [-0.15, -0.1) is 11.6 Å². The first-order valence-corrected chi connectivity index (χ1v) is 7.57. The number of carbonyl (C=O) groups is 1. The SMILES string of the molecule is CC1CCCC(N(C)C(=O)c2cccc(CCl)c2)C1. The van der Waals surface area contributed by atoms with Crippen molar-refractivity contribution in [2.24, 2.45) is 5.92 Å². The predicted molar refractivity (Wildman–Crippen MR) is 79.5 cm³/mol. The Morgan fingerprint density at radius 2 is 2.21 bits per heavy atom. The maximum Gasteiger partial charge on any atom is 0.253 e. The Labute approximate surface area is 120 Å². The Hall–Kier alpha value is -1.02. The zero-order valence-electron chi connectivity index (χ0n) is 11.7. The molecule has 1 aromatic rings. The second-order valence-electron chi connectivity index (χ2n) is 5.68. The molecule has 0 N–H and O–H groups in total. The average molecular weight is 280 g/mol. The van der Waals surface area contributed by atoms with Gasteiger partial charge in [-0.2, -0.15) is 0 Å².